The van der Waals surface area contributed by atoms with Gasteiger partial charge in [-0.2, -0.15) is 0 Å². The molecular weight excluding hydrogens is 240 g/mol. The maximum absolute atomic E-state index is 6.24. The number of rotatable bonds is 2. The number of H-pyrrole nitrogens is 1. The van der Waals surface area contributed by atoms with Crippen molar-refractivity contribution >= 4 is 23.8 Å². The van der Waals surface area contributed by atoms with Crippen LogP contribution in [0.4, 0.5) is 0 Å². The Morgan fingerprint density at radius 3 is 2.81 bits per heavy atom. The van der Waals surface area contributed by atoms with Gasteiger partial charge in [0, 0.05) is 11.9 Å². The van der Waals surface area contributed by atoms with Crippen molar-refractivity contribution in [2.75, 3.05) is 0 Å². The lowest BCUT2D eigenvalue weighted by Crippen LogP contribution is -2.00. The summed E-state index contributed by atoms with van der Waals surface area (Å²) in [6, 6.07) is 5.99. The SMILES string of the molecule is CCc1c[nH]c(=S)n1-c1ccc(C)cc1Cl. The van der Waals surface area contributed by atoms with E-state index in [0.717, 1.165) is 28.4 Å². The third kappa shape index (κ3) is 1.93. The van der Waals surface area contributed by atoms with E-state index in [1.807, 2.05) is 35.9 Å². The summed E-state index contributed by atoms with van der Waals surface area (Å²) >= 11 is 11.5. The molecule has 0 aliphatic heterocycles. The van der Waals surface area contributed by atoms with E-state index in [9.17, 15) is 0 Å². The standard InChI is InChI=1S/C12H13ClN2S/c1-3-9-7-14-12(16)15(9)11-5-4-8(2)6-10(11)13/h4-7H,3H2,1-2H3,(H,14,16). The molecule has 2 aromatic rings. The molecule has 0 amide bonds. The van der Waals surface area contributed by atoms with E-state index in [0.29, 0.717) is 4.77 Å². The number of nitrogens with one attached hydrogen (secondary N) is 1. The zero-order chi connectivity index (χ0) is 11.7. The van der Waals surface area contributed by atoms with Crippen LogP contribution in [0, 0.1) is 11.7 Å². The fourth-order valence-corrected chi connectivity index (χ4v) is 2.32. The number of halogens is 1. The van der Waals surface area contributed by atoms with E-state index in [1.165, 1.54) is 0 Å². The van der Waals surface area contributed by atoms with Gasteiger partial charge in [-0.3, -0.25) is 4.57 Å². The first kappa shape index (κ1) is 11.4. The Balaban J connectivity index is 2.67. The molecule has 0 fully saturated rings. The molecule has 0 bridgehead atoms. The van der Waals surface area contributed by atoms with Gasteiger partial charge in [-0.15, -0.1) is 0 Å². The lowest BCUT2D eigenvalue weighted by molar-refractivity contribution is 0.922. The Labute approximate surface area is 105 Å². The summed E-state index contributed by atoms with van der Waals surface area (Å²) in [6.07, 6.45) is 2.84. The molecule has 2 nitrogen and oxygen atoms in total. The highest BCUT2D eigenvalue weighted by molar-refractivity contribution is 7.71. The van der Waals surface area contributed by atoms with Gasteiger partial charge in [0.2, 0.25) is 0 Å². The molecule has 1 aromatic heterocycles. The molecule has 1 heterocycles. The number of benzene rings is 1. The first-order valence-electron chi connectivity index (χ1n) is 5.19. The number of hydrogen-bond donors (Lipinski definition) is 1. The van der Waals surface area contributed by atoms with Gasteiger partial charge in [-0.25, -0.2) is 0 Å². The van der Waals surface area contributed by atoms with Crippen LogP contribution in [0.2, 0.25) is 5.02 Å². The van der Waals surface area contributed by atoms with E-state index in [1.54, 1.807) is 0 Å². The Morgan fingerprint density at radius 1 is 1.44 bits per heavy atom. The van der Waals surface area contributed by atoms with E-state index in [2.05, 4.69) is 11.9 Å². The number of nitrogens with zero attached hydrogens (tertiary/aromatic N) is 1. The van der Waals surface area contributed by atoms with Crippen molar-refractivity contribution in [3.05, 3.63) is 45.4 Å². The number of aromatic amines is 1. The molecule has 0 aliphatic carbocycles. The Morgan fingerprint density at radius 2 is 2.19 bits per heavy atom. The summed E-state index contributed by atoms with van der Waals surface area (Å²) in [5.41, 5.74) is 3.22. The number of imidazole rings is 1. The molecule has 84 valence electrons. The zero-order valence-corrected chi connectivity index (χ0v) is 10.8. The van der Waals surface area contributed by atoms with Crippen molar-refractivity contribution in [1.29, 1.82) is 0 Å². The van der Waals surface area contributed by atoms with Gasteiger partial charge in [0.15, 0.2) is 4.77 Å². The van der Waals surface area contributed by atoms with Gasteiger partial charge in [-0.05, 0) is 43.3 Å². The van der Waals surface area contributed by atoms with Gasteiger partial charge >= 0.3 is 0 Å². The van der Waals surface area contributed by atoms with Crippen LogP contribution in [0.15, 0.2) is 24.4 Å². The smallest absolute Gasteiger partial charge is 0.182 e. The highest BCUT2D eigenvalue weighted by Gasteiger charge is 2.08. The average molecular weight is 253 g/mol. The van der Waals surface area contributed by atoms with E-state index < -0.39 is 0 Å². The summed E-state index contributed by atoms with van der Waals surface area (Å²) < 4.78 is 2.67. The van der Waals surface area contributed by atoms with Crippen LogP contribution >= 0.6 is 23.8 Å². The monoisotopic (exact) mass is 252 g/mol. The van der Waals surface area contributed by atoms with Crippen molar-refractivity contribution < 1.29 is 0 Å². The molecule has 4 heteroatoms. The maximum Gasteiger partial charge on any atom is 0.182 e. The van der Waals surface area contributed by atoms with Crippen LogP contribution in [0.5, 0.6) is 0 Å². The maximum atomic E-state index is 6.24. The van der Waals surface area contributed by atoms with Gasteiger partial charge in [0.05, 0.1) is 10.7 Å². The van der Waals surface area contributed by atoms with Crippen molar-refractivity contribution in [2.45, 2.75) is 20.3 Å². The topological polar surface area (TPSA) is 20.7 Å². The fourth-order valence-electron chi connectivity index (χ4n) is 1.72. The normalized spacial score (nSPS) is 10.7. The van der Waals surface area contributed by atoms with Gasteiger partial charge in [0.1, 0.15) is 0 Å². The van der Waals surface area contributed by atoms with Crippen LogP contribution < -0.4 is 0 Å². The number of aromatic nitrogens is 2. The molecule has 16 heavy (non-hydrogen) atoms. The van der Waals surface area contributed by atoms with Crippen molar-refractivity contribution in [3.8, 4) is 5.69 Å². The summed E-state index contributed by atoms with van der Waals surface area (Å²) in [6.45, 7) is 4.11. The van der Waals surface area contributed by atoms with Gasteiger partial charge in [0.25, 0.3) is 0 Å². The van der Waals surface area contributed by atoms with Crippen LogP contribution in [0.25, 0.3) is 5.69 Å². The largest absolute Gasteiger partial charge is 0.337 e. The predicted octanol–water partition coefficient (Wildman–Crippen LogP) is 4.06. The quantitative estimate of drug-likeness (QED) is 0.800. The van der Waals surface area contributed by atoms with Crippen molar-refractivity contribution in [1.82, 2.24) is 9.55 Å². The van der Waals surface area contributed by atoms with E-state index >= 15 is 0 Å². The molecule has 0 atom stereocenters. The molecule has 1 N–H and O–H groups in total. The van der Waals surface area contributed by atoms with Crippen molar-refractivity contribution in [2.24, 2.45) is 0 Å². The molecule has 0 radical (unpaired) electrons. The minimum absolute atomic E-state index is 0.683. The van der Waals surface area contributed by atoms with Crippen LogP contribution in [0.3, 0.4) is 0 Å². The predicted molar refractivity (Wildman–Crippen MR) is 70.1 cm³/mol. The second-order valence-electron chi connectivity index (χ2n) is 3.73. The minimum atomic E-state index is 0.683. The second kappa shape index (κ2) is 4.44. The van der Waals surface area contributed by atoms with Gasteiger partial charge < -0.3 is 4.98 Å². The lowest BCUT2D eigenvalue weighted by Gasteiger charge is -2.09. The van der Waals surface area contributed by atoms with E-state index in [-0.39, 0.29) is 0 Å². The highest BCUT2D eigenvalue weighted by Crippen LogP contribution is 2.23. The molecule has 2 rings (SSSR count). The number of hydrogen-bond acceptors (Lipinski definition) is 1. The minimum Gasteiger partial charge on any atom is -0.337 e. The summed E-state index contributed by atoms with van der Waals surface area (Å²) in [5, 5.41) is 0.727. The first-order chi connectivity index (χ1) is 7.63. The molecular formula is C12H13ClN2S. The third-order valence-electron chi connectivity index (χ3n) is 2.56. The van der Waals surface area contributed by atoms with Crippen LogP contribution in [-0.2, 0) is 6.42 Å². The lowest BCUT2D eigenvalue weighted by atomic mass is 10.2. The average Bonchev–Trinajstić information content (AvgIpc) is 2.60. The molecule has 0 saturated carbocycles. The van der Waals surface area contributed by atoms with Crippen LogP contribution in [-0.4, -0.2) is 9.55 Å². The third-order valence-corrected chi connectivity index (χ3v) is 3.16. The molecule has 0 aliphatic rings. The molecule has 1 aromatic carbocycles. The molecule has 0 spiro atoms. The Hall–Kier alpha value is -1.06. The molecule has 0 unspecified atom stereocenters. The second-order valence-corrected chi connectivity index (χ2v) is 4.52. The van der Waals surface area contributed by atoms with Gasteiger partial charge in [-0.1, -0.05) is 24.6 Å². The van der Waals surface area contributed by atoms with Crippen LogP contribution in [0.1, 0.15) is 18.2 Å². The summed E-state index contributed by atoms with van der Waals surface area (Å²) in [7, 11) is 0. The summed E-state index contributed by atoms with van der Waals surface area (Å²) in [4.78, 5) is 3.05. The van der Waals surface area contributed by atoms with Crippen molar-refractivity contribution in [3.63, 3.8) is 0 Å². The number of aryl methyl sites for hydroxylation is 2. The zero-order valence-electron chi connectivity index (χ0n) is 9.25. The Bertz CT molecular complexity index is 569. The molecule has 0 saturated heterocycles. The van der Waals surface area contributed by atoms with E-state index in [4.69, 9.17) is 23.8 Å². The summed E-state index contributed by atoms with van der Waals surface area (Å²) in [5.74, 6) is 0. The highest BCUT2D eigenvalue weighted by atomic mass is 35.5. The Kier molecular flexibility index (Phi) is 3.17. The first-order valence-corrected chi connectivity index (χ1v) is 5.98. The fraction of sp³-hybridized carbons (Fsp3) is 0.250.